The largest absolute Gasteiger partial charge is 0.393 e. The van der Waals surface area contributed by atoms with Gasteiger partial charge in [-0.2, -0.15) is 0 Å². The van der Waals surface area contributed by atoms with E-state index in [4.69, 9.17) is 5.11 Å². The van der Waals surface area contributed by atoms with E-state index < -0.39 is 18.3 Å². The molecule has 0 heterocycles. The standard InChI is InChI=1S/C11H20O3/c1-4-10(13)9(11(14)5-2)7-6-8(3)12/h4-5,8-14H,1-2,6-7H2,3H3. The molecule has 0 fully saturated rings. The fraction of sp³-hybridized carbons (Fsp3) is 0.636. The van der Waals surface area contributed by atoms with E-state index in [-0.39, 0.29) is 5.92 Å². The van der Waals surface area contributed by atoms with Crippen LogP contribution < -0.4 is 0 Å². The molecule has 3 heteroatoms. The number of rotatable bonds is 7. The van der Waals surface area contributed by atoms with Gasteiger partial charge in [-0.25, -0.2) is 0 Å². The summed E-state index contributed by atoms with van der Waals surface area (Å²) in [4.78, 5) is 0. The predicted molar refractivity (Wildman–Crippen MR) is 56.8 cm³/mol. The van der Waals surface area contributed by atoms with Crippen LogP contribution in [0.3, 0.4) is 0 Å². The fourth-order valence-electron chi connectivity index (χ4n) is 1.33. The van der Waals surface area contributed by atoms with Gasteiger partial charge >= 0.3 is 0 Å². The zero-order chi connectivity index (χ0) is 11.1. The Hall–Kier alpha value is -0.640. The lowest BCUT2D eigenvalue weighted by molar-refractivity contribution is 0.0474. The van der Waals surface area contributed by atoms with Gasteiger partial charge in [-0.15, -0.1) is 13.2 Å². The monoisotopic (exact) mass is 200 g/mol. The van der Waals surface area contributed by atoms with Gasteiger partial charge in [0.05, 0.1) is 18.3 Å². The zero-order valence-corrected chi connectivity index (χ0v) is 8.63. The highest BCUT2D eigenvalue weighted by atomic mass is 16.3. The summed E-state index contributed by atoms with van der Waals surface area (Å²) >= 11 is 0. The molecule has 0 aromatic carbocycles. The first-order chi connectivity index (χ1) is 6.52. The summed E-state index contributed by atoms with van der Waals surface area (Å²) < 4.78 is 0. The van der Waals surface area contributed by atoms with Crippen LogP contribution in [0.2, 0.25) is 0 Å². The second-order valence-corrected chi connectivity index (χ2v) is 3.54. The van der Waals surface area contributed by atoms with Crippen molar-refractivity contribution in [1.82, 2.24) is 0 Å². The molecule has 0 amide bonds. The van der Waals surface area contributed by atoms with Crippen LogP contribution in [0, 0.1) is 5.92 Å². The van der Waals surface area contributed by atoms with Gasteiger partial charge in [-0.3, -0.25) is 0 Å². The van der Waals surface area contributed by atoms with E-state index in [9.17, 15) is 10.2 Å². The van der Waals surface area contributed by atoms with Crippen LogP contribution >= 0.6 is 0 Å². The lowest BCUT2D eigenvalue weighted by Crippen LogP contribution is -2.29. The quantitative estimate of drug-likeness (QED) is 0.534. The van der Waals surface area contributed by atoms with Crippen LogP contribution in [-0.4, -0.2) is 33.6 Å². The second kappa shape index (κ2) is 6.76. The molecule has 3 unspecified atom stereocenters. The number of aliphatic hydroxyl groups is 3. The van der Waals surface area contributed by atoms with Gasteiger partial charge in [-0.05, 0) is 19.8 Å². The Morgan fingerprint density at radius 2 is 1.43 bits per heavy atom. The van der Waals surface area contributed by atoms with E-state index in [1.54, 1.807) is 6.92 Å². The molecule has 0 aromatic rings. The van der Waals surface area contributed by atoms with Gasteiger partial charge in [0.1, 0.15) is 0 Å². The van der Waals surface area contributed by atoms with Gasteiger partial charge in [0.15, 0.2) is 0 Å². The van der Waals surface area contributed by atoms with Crippen LogP contribution in [0.5, 0.6) is 0 Å². The van der Waals surface area contributed by atoms with Crippen molar-refractivity contribution >= 4 is 0 Å². The summed E-state index contributed by atoms with van der Waals surface area (Å²) in [5.74, 6) is -0.334. The Balaban J connectivity index is 4.23. The maximum Gasteiger partial charge on any atom is 0.0774 e. The molecule has 0 aliphatic carbocycles. The molecule has 0 aliphatic rings. The average Bonchev–Trinajstić information content (AvgIpc) is 2.16. The van der Waals surface area contributed by atoms with E-state index in [1.807, 2.05) is 0 Å². The summed E-state index contributed by atoms with van der Waals surface area (Å²) in [6.07, 6.45) is 1.91. The van der Waals surface area contributed by atoms with Crippen LogP contribution in [0.4, 0.5) is 0 Å². The highest BCUT2D eigenvalue weighted by Crippen LogP contribution is 2.19. The molecular weight excluding hydrogens is 180 g/mol. The molecule has 0 rings (SSSR count). The SMILES string of the molecule is C=CC(O)C(CCC(C)O)C(O)C=C. The summed E-state index contributed by atoms with van der Waals surface area (Å²) in [7, 11) is 0. The van der Waals surface area contributed by atoms with Crippen molar-refractivity contribution < 1.29 is 15.3 Å². The van der Waals surface area contributed by atoms with Gasteiger partial charge in [0, 0.05) is 5.92 Å². The molecule has 3 atom stereocenters. The van der Waals surface area contributed by atoms with Gasteiger partial charge in [-0.1, -0.05) is 12.2 Å². The number of hydrogen-bond acceptors (Lipinski definition) is 3. The highest BCUT2D eigenvalue weighted by Gasteiger charge is 2.22. The van der Waals surface area contributed by atoms with Crippen molar-refractivity contribution in [1.29, 1.82) is 0 Å². The summed E-state index contributed by atoms with van der Waals surface area (Å²) in [5.41, 5.74) is 0. The minimum absolute atomic E-state index is 0.334. The first-order valence-electron chi connectivity index (χ1n) is 4.82. The lowest BCUT2D eigenvalue weighted by Gasteiger charge is -2.24. The Morgan fingerprint density at radius 1 is 1.00 bits per heavy atom. The molecule has 0 spiro atoms. The average molecular weight is 200 g/mol. The normalized spacial score (nSPS) is 19.4. The van der Waals surface area contributed by atoms with Crippen molar-refractivity contribution in [3.05, 3.63) is 25.3 Å². The van der Waals surface area contributed by atoms with Gasteiger partial charge in [0.25, 0.3) is 0 Å². The summed E-state index contributed by atoms with van der Waals surface area (Å²) in [5, 5.41) is 28.1. The highest BCUT2D eigenvalue weighted by molar-refractivity contribution is 4.94. The molecule has 0 bridgehead atoms. The second-order valence-electron chi connectivity index (χ2n) is 3.54. The van der Waals surface area contributed by atoms with Crippen molar-refractivity contribution in [3.8, 4) is 0 Å². The molecule has 0 aromatic heterocycles. The Morgan fingerprint density at radius 3 is 1.71 bits per heavy atom. The molecule has 3 nitrogen and oxygen atoms in total. The zero-order valence-electron chi connectivity index (χ0n) is 8.63. The molecule has 0 saturated carbocycles. The molecule has 14 heavy (non-hydrogen) atoms. The van der Waals surface area contributed by atoms with Crippen molar-refractivity contribution in [3.63, 3.8) is 0 Å². The maximum absolute atomic E-state index is 9.52. The lowest BCUT2D eigenvalue weighted by atomic mass is 9.90. The van der Waals surface area contributed by atoms with E-state index >= 15 is 0 Å². The molecule has 0 radical (unpaired) electrons. The number of aliphatic hydroxyl groups excluding tert-OH is 3. The van der Waals surface area contributed by atoms with E-state index in [2.05, 4.69) is 13.2 Å². The summed E-state index contributed by atoms with van der Waals surface area (Å²) in [6, 6.07) is 0. The Bertz CT molecular complexity index is 163. The minimum Gasteiger partial charge on any atom is -0.393 e. The molecule has 82 valence electrons. The summed E-state index contributed by atoms with van der Waals surface area (Å²) in [6.45, 7) is 8.61. The number of hydrogen-bond donors (Lipinski definition) is 3. The van der Waals surface area contributed by atoms with E-state index in [0.717, 1.165) is 0 Å². The van der Waals surface area contributed by atoms with Crippen molar-refractivity contribution in [2.24, 2.45) is 5.92 Å². The van der Waals surface area contributed by atoms with Crippen LogP contribution in [0.15, 0.2) is 25.3 Å². The third kappa shape index (κ3) is 4.56. The minimum atomic E-state index is -0.762. The molecule has 0 aliphatic heterocycles. The van der Waals surface area contributed by atoms with Crippen LogP contribution in [0.1, 0.15) is 19.8 Å². The molecule has 0 saturated heterocycles. The van der Waals surface area contributed by atoms with Gasteiger partial charge in [0.2, 0.25) is 0 Å². The van der Waals surface area contributed by atoms with Crippen LogP contribution in [-0.2, 0) is 0 Å². The third-order valence-corrected chi connectivity index (χ3v) is 2.28. The van der Waals surface area contributed by atoms with Gasteiger partial charge < -0.3 is 15.3 Å². The fourth-order valence-corrected chi connectivity index (χ4v) is 1.33. The third-order valence-electron chi connectivity index (χ3n) is 2.28. The molecular formula is C11H20O3. The first kappa shape index (κ1) is 13.4. The van der Waals surface area contributed by atoms with Crippen molar-refractivity contribution in [2.75, 3.05) is 0 Å². The predicted octanol–water partition coefficient (Wildman–Crippen LogP) is 0.857. The molecule has 3 N–H and O–H groups in total. The first-order valence-corrected chi connectivity index (χ1v) is 4.82. The Kier molecular flexibility index (Phi) is 6.45. The van der Waals surface area contributed by atoms with E-state index in [1.165, 1.54) is 12.2 Å². The van der Waals surface area contributed by atoms with Crippen molar-refractivity contribution in [2.45, 2.75) is 38.1 Å². The Labute approximate surface area is 85.4 Å². The van der Waals surface area contributed by atoms with E-state index in [0.29, 0.717) is 12.8 Å². The maximum atomic E-state index is 9.52. The topological polar surface area (TPSA) is 60.7 Å². The smallest absolute Gasteiger partial charge is 0.0774 e. The van der Waals surface area contributed by atoms with Crippen LogP contribution in [0.25, 0.3) is 0 Å².